The fraction of sp³-hybridized carbons (Fsp3) is 0.333. The van der Waals surface area contributed by atoms with Crippen LogP contribution in [-0.2, 0) is 9.53 Å². The summed E-state index contributed by atoms with van der Waals surface area (Å²) in [6.45, 7) is 4.50. The lowest BCUT2D eigenvalue weighted by molar-refractivity contribution is -0.129. The van der Waals surface area contributed by atoms with Crippen molar-refractivity contribution in [2.75, 3.05) is 27.4 Å². The fourth-order valence-corrected chi connectivity index (χ4v) is 4.33. The topological polar surface area (TPSA) is 98.4 Å². The van der Waals surface area contributed by atoms with E-state index in [4.69, 9.17) is 18.6 Å². The summed E-state index contributed by atoms with van der Waals surface area (Å²) < 4.78 is 22.3. The number of hydrogen-bond donors (Lipinski definition) is 1. The molecule has 3 aromatic rings. The first-order chi connectivity index (χ1) is 16.9. The minimum Gasteiger partial charge on any atom is -0.503 e. The number of aliphatic hydroxyl groups excluding tert-OH is 1. The number of ether oxygens (including phenoxy) is 3. The molecule has 0 saturated carbocycles. The molecule has 0 fully saturated rings. The van der Waals surface area contributed by atoms with Crippen molar-refractivity contribution in [1.82, 2.24) is 4.90 Å². The number of hydrogen-bond acceptors (Lipinski definition) is 7. The molecule has 2 aromatic carbocycles. The molecule has 1 unspecified atom stereocenters. The SMILES string of the molecule is COCCCN1C(=O)C(O)=C(C(=O)c2cc3cccc(OC)c3o2)C1c1ccccc1OC(C)C. The average molecular weight is 480 g/mol. The predicted octanol–water partition coefficient (Wildman–Crippen LogP) is 4.84. The molecule has 0 aliphatic carbocycles. The number of furan rings is 1. The molecule has 0 saturated heterocycles. The van der Waals surface area contributed by atoms with Gasteiger partial charge in [-0.15, -0.1) is 0 Å². The number of aliphatic hydroxyl groups is 1. The third-order valence-corrected chi connectivity index (χ3v) is 5.82. The molecule has 4 rings (SSSR count). The third kappa shape index (κ3) is 4.61. The molecular formula is C27H29NO7. The molecule has 8 heteroatoms. The first kappa shape index (κ1) is 24.3. The zero-order chi connectivity index (χ0) is 25.1. The van der Waals surface area contributed by atoms with Crippen LogP contribution in [0.3, 0.4) is 0 Å². The molecule has 0 radical (unpaired) electrons. The molecule has 8 nitrogen and oxygen atoms in total. The van der Waals surface area contributed by atoms with Crippen LogP contribution >= 0.6 is 0 Å². The summed E-state index contributed by atoms with van der Waals surface area (Å²) in [5.74, 6) is -0.775. The number of methoxy groups -OCH3 is 2. The first-order valence-corrected chi connectivity index (χ1v) is 11.5. The maximum absolute atomic E-state index is 13.8. The lowest BCUT2D eigenvalue weighted by atomic mass is 9.94. The standard InChI is InChI=1S/C27H29NO7/c1-16(2)34-19-11-6-5-10-18(19)23-22(25(30)27(31)28(23)13-8-14-32-3)24(29)21-15-17-9-7-12-20(33-4)26(17)35-21/h5-7,9-12,15-16,23,30H,8,13-14H2,1-4H3. The molecule has 1 atom stereocenters. The molecule has 0 spiro atoms. The maximum Gasteiger partial charge on any atom is 0.290 e. The van der Waals surface area contributed by atoms with Gasteiger partial charge in [-0.2, -0.15) is 0 Å². The summed E-state index contributed by atoms with van der Waals surface area (Å²) in [5, 5.41) is 11.6. The highest BCUT2D eigenvalue weighted by molar-refractivity contribution is 6.16. The summed E-state index contributed by atoms with van der Waals surface area (Å²) in [5.41, 5.74) is 0.970. The lowest BCUT2D eigenvalue weighted by Gasteiger charge is -2.28. The van der Waals surface area contributed by atoms with Gasteiger partial charge in [0.1, 0.15) is 5.75 Å². The van der Waals surface area contributed by atoms with Crippen LogP contribution in [0.5, 0.6) is 11.5 Å². The molecule has 0 bridgehead atoms. The van der Waals surface area contributed by atoms with Gasteiger partial charge in [-0.05, 0) is 38.5 Å². The molecule has 2 heterocycles. The Bertz CT molecular complexity index is 1270. The Labute approximate surface area is 203 Å². The predicted molar refractivity (Wildman–Crippen MR) is 130 cm³/mol. The van der Waals surface area contributed by atoms with E-state index in [-0.39, 0.29) is 24.0 Å². The van der Waals surface area contributed by atoms with Gasteiger partial charge < -0.3 is 28.6 Å². The van der Waals surface area contributed by atoms with Crippen LogP contribution in [0.2, 0.25) is 0 Å². The van der Waals surface area contributed by atoms with E-state index in [1.807, 2.05) is 26.0 Å². The Morgan fingerprint density at radius 3 is 2.57 bits per heavy atom. The highest BCUT2D eigenvalue weighted by Crippen LogP contribution is 2.43. The molecule has 35 heavy (non-hydrogen) atoms. The summed E-state index contributed by atoms with van der Waals surface area (Å²) in [7, 11) is 3.10. The quantitative estimate of drug-likeness (QED) is 0.328. The normalized spacial score (nSPS) is 16.0. The Hall–Kier alpha value is -3.78. The Morgan fingerprint density at radius 2 is 1.86 bits per heavy atom. The number of carbonyl (C=O) groups excluding carboxylic acids is 2. The zero-order valence-electron chi connectivity index (χ0n) is 20.2. The van der Waals surface area contributed by atoms with E-state index in [2.05, 4.69) is 0 Å². The monoisotopic (exact) mass is 479 g/mol. The number of ketones is 1. The molecule has 1 aliphatic heterocycles. The molecule has 1 aromatic heterocycles. The summed E-state index contributed by atoms with van der Waals surface area (Å²) >= 11 is 0. The van der Waals surface area contributed by atoms with Crippen LogP contribution in [-0.4, -0.2) is 55.2 Å². The highest BCUT2D eigenvalue weighted by atomic mass is 16.5. The number of rotatable bonds is 10. The second-order valence-corrected chi connectivity index (χ2v) is 8.53. The van der Waals surface area contributed by atoms with Gasteiger partial charge >= 0.3 is 0 Å². The molecule has 1 amide bonds. The van der Waals surface area contributed by atoms with Crippen molar-refractivity contribution in [3.63, 3.8) is 0 Å². The third-order valence-electron chi connectivity index (χ3n) is 5.82. The van der Waals surface area contributed by atoms with E-state index in [1.165, 1.54) is 12.0 Å². The average Bonchev–Trinajstić information content (AvgIpc) is 3.39. The molecular weight excluding hydrogens is 450 g/mol. The zero-order valence-corrected chi connectivity index (χ0v) is 20.2. The van der Waals surface area contributed by atoms with Gasteiger partial charge in [-0.1, -0.05) is 30.3 Å². The number of para-hydroxylation sites is 2. The van der Waals surface area contributed by atoms with Crippen molar-refractivity contribution in [3.05, 3.63) is 71.2 Å². The van der Waals surface area contributed by atoms with Crippen molar-refractivity contribution in [2.24, 2.45) is 0 Å². The summed E-state index contributed by atoms with van der Waals surface area (Å²) in [4.78, 5) is 28.4. The van der Waals surface area contributed by atoms with Crippen molar-refractivity contribution in [1.29, 1.82) is 0 Å². The van der Waals surface area contributed by atoms with Gasteiger partial charge in [0.05, 0.1) is 24.8 Å². The van der Waals surface area contributed by atoms with Crippen LogP contribution in [0.1, 0.15) is 42.4 Å². The van der Waals surface area contributed by atoms with E-state index in [0.717, 1.165) is 0 Å². The van der Waals surface area contributed by atoms with Gasteiger partial charge in [-0.3, -0.25) is 9.59 Å². The van der Waals surface area contributed by atoms with E-state index in [9.17, 15) is 14.7 Å². The Kier molecular flexibility index (Phi) is 7.12. The number of fused-ring (bicyclic) bond motifs is 1. The Balaban J connectivity index is 1.82. The second-order valence-electron chi connectivity index (χ2n) is 8.53. The van der Waals surface area contributed by atoms with E-state index < -0.39 is 23.5 Å². The fourth-order valence-electron chi connectivity index (χ4n) is 4.33. The van der Waals surface area contributed by atoms with Crippen LogP contribution in [0, 0.1) is 0 Å². The van der Waals surface area contributed by atoms with E-state index >= 15 is 0 Å². The molecule has 1 N–H and O–H groups in total. The number of carbonyl (C=O) groups is 2. The first-order valence-electron chi connectivity index (χ1n) is 11.5. The summed E-state index contributed by atoms with van der Waals surface area (Å²) in [6, 6.07) is 13.3. The van der Waals surface area contributed by atoms with Crippen LogP contribution < -0.4 is 9.47 Å². The summed E-state index contributed by atoms with van der Waals surface area (Å²) in [6.07, 6.45) is 0.400. The van der Waals surface area contributed by atoms with E-state index in [1.54, 1.807) is 43.5 Å². The van der Waals surface area contributed by atoms with Crippen LogP contribution in [0.4, 0.5) is 0 Å². The minimum absolute atomic E-state index is 0.00449. The Morgan fingerprint density at radius 1 is 1.11 bits per heavy atom. The van der Waals surface area contributed by atoms with Crippen molar-refractivity contribution in [3.8, 4) is 11.5 Å². The highest BCUT2D eigenvalue weighted by Gasteiger charge is 2.45. The second kappa shape index (κ2) is 10.2. The van der Waals surface area contributed by atoms with Gasteiger partial charge in [0.25, 0.3) is 5.91 Å². The lowest BCUT2D eigenvalue weighted by Crippen LogP contribution is -2.33. The van der Waals surface area contributed by atoms with Crippen LogP contribution in [0.25, 0.3) is 11.0 Å². The van der Waals surface area contributed by atoms with Gasteiger partial charge in [0.15, 0.2) is 22.9 Å². The number of nitrogens with zero attached hydrogens (tertiary/aromatic N) is 1. The number of Topliss-reactive ketones (excluding diaryl/α,β-unsaturated/α-hetero) is 1. The van der Waals surface area contributed by atoms with Gasteiger partial charge in [0, 0.05) is 31.2 Å². The van der Waals surface area contributed by atoms with Gasteiger partial charge in [0.2, 0.25) is 5.78 Å². The minimum atomic E-state index is -0.850. The maximum atomic E-state index is 13.8. The smallest absolute Gasteiger partial charge is 0.290 e. The van der Waals surface area contributed by atoms with E-state index in [0.29, 0.717) is 41.1 Å². The van der Waals surface area contributed by atoms with Crippen LogP contribution in [0.15, 0.2) is 64.3 Å². The molecule has 1 aliphatic rings. The number of amides is 1. The van der Waals surface area contributed by atoms with Crippen molar-refractivity contribution < 1.29 is 33.3 Å². The largest absolute Gasteiger partial charge is 0.503 e. The molecule has 184 valence electrons. The number of benzene rings is 2. The van der Waals surface area contributed by atoms with Crippen molar-refractivity contribution >= 4 is 22.7 Å². The van der Waals surface area contributed by atoms with Crippen molar-refractivity contribution in [2.45, 2.75) is 32.4 Å². The van der Waals surface area contributed by atoms with Gasteiger partial charge in [-0.25, -0.2) is 0 Å².